The van der Waals surface area contributed by atoms with Gasteiger partial charge in [-0.2, -0.15) is 0 Å². The molecule has 0 radical (unpaired) electrons. The predicted molar refractivity (Wildman–Crippen MR) is 81.0 cm³/mol. The number of nitrogens with one attached hydrogen (secondary N) is 1. The van der Waals surface area contributed by atoms with Crippen LogP contribution in [0.15, 0.2) is 0 Å². The Morgan fingerprint density at radius 3 is 2.11 bits per heavy atom. The van der Waals surface area contributed by atoms with Gasteiger partial charge in [0.05, 0.1) is 0 Å². The molecule has 0 rings (SSSR count). The van der Waals surface area contributed by atoms with E-state index < -0.39 is 0 Å². The van der Waals surface area contributed by atoms with Crippen molar-refractivity contribution in [2.45, 2.75) is 73.3 Å². The fourth-order valence-corrected chi connectivity index (χ4v) is 2.02. The lowest BCUT2D eigenvalue weighted by Crippen LogP contribution is -2.43. The molecule has 0 saturated carbocycles. The van der Waals surface area contributed by atoms with Crippen LogP contribution in [0.5, 0.6) is 0 Å². The van der Waals surface area contributed by atoms with E-state index in [1.165, 1.54) is 12.8 Å². The van der Waals surface area contributed by atoms with E-state index in [1.54, 1.807) is 0 Å². The first kappa shape index (κ1) is 17.9. The van der Waals surface area contributed by atoms with Gasteiger partial charge in [0.15, 0.2) is 0 Å². The van der Waals surface area contributed by atoms with Gasteiger partial charge in [0, 0.05) is 25.3 Å². The first-order chi connectivity index (χ1) is 8.18. The van der Waals surface area contributed by atoms with Crippen molar-refractivity contribution in [2.24, 2.45) is 11.3 Å². The smallest absolute Gasteiger partial charge is 0.0488 e. The molecule has 2 heteroatoms. The van der Waals surface area contributed by atoms with Crippen LogP contribution in [0.25, 0.3) is 0 Å². The summed E-state index contributed by atoms with van der Waals surface area (Å²) in [5, 5.41) is 3.64. The molecule has 0 heterocycles. The topological polar surface area (TPSA) is 21.3 Å². The standard InChI is InChI=1S/C16H35NO/c1-8-9-16(7,13-17-15(4,5)6)10-11-18-12-14(2)3/h14,17H,8-13H2,1-7H3. The summed E-state index contributed by atoms with van der Waals surface area (Å²) >= 11 is 0. The molecule has 0 aliphatic carbocycles. The molecule has 0 saturated heterocycles. The third kappa shape index (κ3) is 9.90. The highest BCUT2D eigenvalue weighted by Gasteiger charge is 2.25. The number of hydrogen-bond acceptors (Lipinski definition) is 2. The van der Waals surface area contributed by atoms with Crippen molar-refractivity contribution in [1.82, 2.24) is 5.32 Å². The lowest BCUT2D eigenvalue weighted by molar-refractivity contribution is 0.0753. The van der Waals surface area contributed by atoms with Crippen LogP contribution in [0.4, 0.5) is 0 Å². The zero-order chi connectivity index (χ0) is 14.2. The van der Waals surface area contributed by atoms with Gasteiger partial charge in [-0.25, -0.2) is 0 Å². The fourth-order valence-electron chi connectivity index (χ4n) is 2.02. The predicted octanol–water partition coefficient (Wildman–Crippen LogP) is 4.24. The van der Waals surface area contributed by atoms with Crippen molar-refractivity contribution < 1.29 is 4.74 Å². The van der Waals surface area contributed by atoms with Crippen molar-refractivity contribution in [3.8, 4) is 0 Å². The Hall–Kier alpha value is -0.0800. The Labute approximate surface area is 115 Å². The Bertz CT molecular complexity index is 208. The van der Waals surface area contributed by atoms with Gasteiger partial charge in [0.25, 0.3) is 0 Å². The van der Waals surface area contributed by atoms with E-state index in [1.807, 2.05) is 0 Å². The Morgan fingerprint density at radius 1 is 1.06 bits per heavy atom. The van der Waals surface area contributed by atoms with E-state index in [9.17, 15) is 0 Å². The first-order valence-electron chi connectivity index (χ1n) is 7.51. The minimum atomic E-state index is 0.202. The van der Waals surface area contributed by atoms with E-state index in [0.29, 0.717) is 11.3 Å². The molecule has 0 aliphatic heterocycles. The molecule has 2 nitrogen and oxygen atoms in total. The molecule has 0 fully saturated rings. The lowest BCUT2D eigenvalue weighted by Gasteiger charge is -2.33. The minimum Gasteiger partial charge on any atom is -0.381 e. The maximum absolute atomic E-state index is 5.74. The van der Waals surface area contributed by atoms with E-state index in [0.717, 1.165) is 26.2 Å². The van der Waals surface area contributed by atoms with Crippen LogP contribution in [0, 0.1) is 11.3 Å². The summed E-state index contributed by atoms with van der Waals surface area (Å²) in [7, 11) is 0. The van der Waals surface area contributed by atoms with Gasteiger partial charge in [0.2, 0.25) is 0 Å². The first-order valence-corrected chi connectivity index (χ1v) is 7.51. The van der Waals surface area contributed by atoms with E-state index in [2.05, 4.69) is 53.8 Å². The quantitative estimate of drug-likeness (QED) is 0.624. The van der Waals surface area contributed by atoms with Crippen molar-refractivity contribution in [3.05, 3.63) is 0 Å². The number of hydrogen-bond donors (Lipinski definition) is 1. The van der Waals surface area contributed by atoms with E-state index in [4.69, 9.17) is 4.74 Å². The summed E-state index contributed by atoms with van der Waals surface area (Å²) in [6.45, 7) is 18.6. The van der Waals surface area contributed by atoms with Gasteiger partial charge in [-0.1, -0.05) is 34.1 Å². The van der Waals surface area contributed by atoms with Crippen molar-refractivity contribution in [3.63, 3.8) is 0 Å². The zero-order valence-electron chi connectivity index (χ0n) is 13.7. The van der Waals surface area contributed by atoms with Gasteiger partial charge in [-0.15, -0.1) is 0 Å². The van der Waals surface area contributed by atoms with Gasteiger partial charge in [0.1, 0.15) is 0 Å². The van der Waals surface area contributed by atoms with Crippen molar-refractivity contribution in [1.29, 1.82) is 0 Å². The molecule has 18 heavy (non-hydrogen) atoms. The van der Waals surface area contributed by atoms with Crippen molar-refractivity contribution in [2.75, 3.05) is 19.8 Å². The highest BCUT2D eigenvalue weighted by Crippen LogP contribution is 2.27. The molecule has 0 aromatic carbocycles. The van der Waals surface area contributed by atoms with Crippen LogP contribution in [0.3, 0.4) is 0 Å². The molecule has 0 aromatic rings. The number of ether oxygens (including phenoxy) is 1. The van der Waals surface area contributed by atoms with Crippen LogP contribution in [0.2, 0.25) is 0 Å². The molecule has 0 aliphatic rings. The van der Waals surface area contributed by atoms with Crippen molar-refractivity contribution >= 4 is 0 Å². The average molecular weight is 257 g/mol. The molecule has 1 atom stereocenters. The van der Waals surface area contributed by atoms with Gasteiger partial charge in [-0.05, 0) is 44.9 Å². The third-order valence-electron chi connectivity index (χ3n) is 3.20. The number of rotatable bonds is 9. The Morgan fingerprint density at radius 2 is 1.67 bits per heavy atom. The normalized spacial score (nSPS) is 16.0. The second-order valence-electron chi connectivity index (χ2n) is 7.38. The summed E-state index contributed by atoms with van der Waals surface area (Å²) in [5.41, 5.74) is 0.562. The molecule has 110 valence electrons. The summed E-state index contributed by atoms with van der Waals surface area (Å²) in [4.78, 5) is 0. The minimum absolute atomic E-state index is 0.202. The molecule has 0 amide bonds. The summed E-state index contributed by atoms with van der Waals surface area (Å²) in [6, 6.07) is 0. The van der Waals surface area contributed by atoms with E-state index >= 15 is 0 Å². The van der Waals surface area contributed by atoms with Crippen LogP contribution >= 0.6 is 0 Å². The second kappa shape index (κ2) is 8.16. The van der Waals surface area contributed by atoms with Crippen LogP contribution in [-0.2, 0) is 4.74 Å². The van der Waals surface area contributed by atoms with Crippen LogP contribution in [-0.4, -0.2) is 25.3 Å². The molecule has 0 spiro atoms. The SMILES string of the molecule is CCCC(C)(CCOCC(C)C)CNC(C)(C)C. The lowest BCUT2D eigenvalue weighted by atomic mass is 9.82. The second-order valence-corrected chi connectivity index (χ2v) is 7.38. The Kier molecular flexibility index (Phi) is 8.13. The maximum Gasteiger partial charge on any atom is 0.0488 e. The summed E-state index contributed by atoms with van der Waals surface area (Å²) in [6.07, 6.45) is 3.66. The molecule has 1 unspecified atom stereocenters. The molecule has 0 aromatic heterocycles. The largest absolute Gasteiger partial charge is 0.381 e. The average Bonchev–Trinajstić information content (AvgIpc) is 2.21. The molecular formula is C16H35NO. The molecular weight excluding hydrogens is 222 g/mol. The maximum atomic E-state index is 5.74. The molecule has 0 bridgehead atoms. The fraction of sp³-hybridized carbons (Fsp3) is 1.00. The third-order valence-corrected chi connectivity index (χ3v) is 3.20. The zero-order valence-corrected chi connectivity index (χ0v) is 13.7. The monoisotopic (exact) mass is 257 g/mol. The van der Waals surface area contributed by atoms with Crippen LogP contribution in [0.1, 0.15) is 67.7 Å². The van der Waals surface area contributed by atoms with E-state index in [-0.39, 0.29) is 5.54 Å². The highest BCUT2D eigenvalue weighted by atomic mass is 16.5. The highest BCUT2D eigenvalue weighted by molar-refractivity contribution is 4.81. The van der Waals surface area contributed by atoms with Gasteiger partial charge >= 0.3 is 0 Å². The summed E-state index contributed by atoms with van der Waals surface area (Å²) < 4.78 is 5.74. The van der Waals surface area contributed by atoms with Gasteiger partial charge < -0.3 is 10.1 Å². The van der Waals surface area contributed by atoms with Gasteiger partial charge in [-0.3, -0.25) is 0 Å². The van der Waals surface area contributed by atoms with Crippen LogP contribution < -0.4 is 5.32 Å². The summed E-state index contributed by atoms with van der Waals surface area (Å²) in [5.74, 6) is 0.634. The molecule has 1 N–H and O–H groups in total. The Balaban J connectivity index is 4.08.